The summed E-state index contributed by atoms with van der Waals surface area (Å²) in [4.78, 5) is 27.2. The van der Waals surface area contributed by atoms with Crippen molar-refractivity contribution < 1.29 is 14.3 Å². The zero-order valence-electron chi connectivity index (χ0n) is 22.3. The smallest absolute Gasteiger partial charge is 0.311 e. The van der Waals surface area contributed by atoms with Crippen molar-refractivity contribution in [3.05, 3.63) is 52.5 Å². The highest BCUT2D eigenvalue weighted by molar-refractivity contribution is 7.13. The molecule has 3 atom stereocenters. The molecule has 1 amide bonds. The Hall–Kier alpha value is -3.00. The number of carbonyl (C=O) groups excluding carboxylic acids is 2. The number of ether oxygens (including phenoxy) is 1. The van der Waals surface area contributed by atoms with E-state index in [1.165, 1.54) is 18.2 Å². The molecule has 8 heteroatoms. The van der Waals surface area contributed by atoms with Crippen molar-refractivity contribution in [3.63, 3.8) is 0 Å². The van der Waals surface area contributed by atoms with Gasteiger partial charge in [0.2, 0.25) is 5.91 Å². The van der Waals surface area contributed by atoms with Gasteiger partial charge in [-0.05, 0) is 78.0 Å². The quantitative estimate of drug-likeness (QED) is 0.406. The molecule has 5 rings (SSSR count). The molecule has 196 valence electrons. The fourth-order valence-corrected chi connectivity index (χ4v) is 7.60. The molecule has 0 unspecified atom stereocenters. The zero-order chi connectivity index (χ0) is 26.4. The van der Waals surface area contributed by atoms with Crippen molar-refractivity contribution >= 4 is 28.9 Å². The second kappa shape index (κ2) is 9.71. The number of carbonyl (C=O) groups is 2. The maximum Gasteiger partial charge on any atom is 0.311 e. The highest BCUT2D eigenvalue weighted by atomic mass is 32.1. The summed E-state index contributed by atoms with van der Waals surface area (Å²) in [5.41, 5.74) is 4.68. The van der Waals surface area contributed by atoms with E-state index in [0.717, 1.165) is 53.9 Å². The average molecular weight is 521 g/mol. The van der Waals surface area contributed by atoms with Crippen molar-refractivity contribution in [2.75, 3.05) is 12.4 Å². The molecule has 7 nitrogen and oxygen atoms in total. The zero-order valence-corrected chi connectivity index (χ0v) is 23.2. The number of amides is 1. The minimum Gasteiger partial charge on any atom is -0.469 e. The van der Waals surface area contributed by atoms with Crippen molar-refractivity contribution in [3.8, 4) is 10.6 Å². The van der Waals surface area contributed by atoms with Gasteiger partial charge in [0.25, 0.3) is 0 Å². The highest BCUT2D eigenvalue weighted by Crippen LogP contribution is 2.58. The molecule has 0 saturated heterocycles. The van der Waals surface area contributed by atoms with E-state index in [1.807, 2.05) is 23.7 Å². The maximum atomic E-state index is 13.3. The van der Waals surface area contributed by atoms with Crippen molar-refractivity contribution in [1.82, 2.24) is 15.0 Å². The Morgan fingerprint density at radius 2 is 2.05 bits per heavy atom. The lowest BCUT2D eigenvalue weighted by atomic mass is 9.49. The Balaban J connectivity index is 1.46. The number of esters is 1. The molecule has 1 fully saturated rings. The largest absolute Gasteiger partial charge is 0.469 e. The van der Waals surface area contributed by atoms with Crippen molar-refractivity contribution in [2.24, 2.45) is 11.3 Å². The first-order valence-electron chi connectivity index (χ1n) is 13.2. The molecule has 2 aromatic heterocycles. The third-order valence-electron chi connectivity index (χ3n) is 8.73. The molecule has 37 heavy (non-hydrogen) atoms. The molecule has 0 bridgehead atoms. The molecule has 3 aromatic rings. The van der Waals surface area contributed by atoms with E-state index in [2.05, 4.69) is 55.5 Å². The second-order valence-electron chi connectivity index (χ2n) is 11.3. The Bertz CT molecular complexity index is 1310. The van der Waals surface area contributed by atoms with Crippen LogP contribution in [0.3, 0.4) is 0 Å². The molecule has 2 heterocycles. The fourth-order valence-electron chi connectivity index (χ4n) is 6.93. The van der Waals surface area contributed by atoms with Crippen LogP contribution in [0.15, 0.2) is 35.8 Å². The second-order valence-corrected chi connectivity index (χ2v) is 12.3. The minimum atomic E-state index is -0.493. The van der Waals surface area contributed by atoms with Gasteiger partial charge in [0.1, 0.15) is 12.2 Å². The normalized spacial score (nSPS) is 24.9. The number of anilines is 1. The van der Waals surface area contributed by atoms with E-state index in [9.17, 15) is 9.59 Å². The monoisotopic (exact) mass is 520 g/mol. The summed E-state index contributed by atoms with van der Waals surface area (Å²) in [5.74, 6) is 0.241. The van der Waals surface area contributed by atoms with Crippen LogP contribution < -0.4 is 5.32 Å². The Kier molecular flexibility index (Phi) is 6.73. The first kappa shape index (κ1) is 25.6. The van der Waals surface area contributed by atoms with Gasteiger partial charge in [0.15, 0.2) is 0 Å². The lowest BCUT2D eigenvalue weighted by Gasteiger charge is -2.54. The molecule has 0 spiro atoms. The molecular formula is C29H36N4O3S. The van der Waals surface area contributed by atoms with Gasteiger partial charge in [-0.3, -0.25) is 9.59 Å². The van der Waals surface area contributed by atoms with Crippen LogP contribution in [0.5, 0.6) is 0 Å². The molecule has 1 saturated carbocycles. The minimum absolute atomic E-state index is 0.0971. The third-order valence-corrected chi connectivity index (χ3v) is 9.62. The number of aromatic nitrogens is 3. The van der Waals surface area contributed by atoms with Gasteiger partial charge < -0.3 is 10.1 Å². The van der Waals surface area contributed by atoms with Gasteiger partial charge in [-0.25, -0.2) is 4.68 Å². The summed E-state index contributed by atoms with van der Waals surface area (Å²) in [5, 5.41) is 13.7. The van der Waals surface area contributed by atoms with Gasteiger partial charge in [0.05, 0.1) is 23.6 Å². The van der Waals surface area contributed by atoms with Gasteiger partial charge in [-0.15, -0.1) is 16.4 Å². The molecule has 0 aliphatic heterocycles. The Labute approximate surface area is 222 Å². The standard InChI is InChI=1S/C29H36N4O3S/c1-18(2)19-9-11-21-20(10-12-24-28(21,3)13-7-14-29(24,4)27(35)36-5)26(19)30-25(34)17-33-16-22(31-32-33)23-8-6-15-37-23/h6,8-9,11,15-16,18,24H,7,10,12-14,17H2,1-5H3,(H,30,34)/t24-,28-,29-/m1/s1. The molecule has 0 radical (unpaired) electrons. The van der Waals surface area contributed by atoms with E-state index in [1.54, 1.807) is 16.0 Å². The lowest BCUT2D eigenvalue weighted by molar-refractivity contribution is -0.161. The predicted octanol–water partition coefficient (Wildman–Crippen LogP) is 5.95. The molecule has 1 N–H and O–H groups in total. The number of benzene rings is 1. The van der Waals surface area contributed by atoms with Crippen LogP contribution in [0.2, 0.25) is 0 Å². The van der Waals surface area contributed by atoms with Gasteiger partial charge in [0, 0.05) is 5.69 Å². The number of rotatable bonds is 6. The SMILES string of the molecule is COC(=O)[C@]1(C)CCC[C@]2(C)c3ccc(C(C)C)c(NC(=O)Cn4cc(-c5cccs5)nn4)c3CC[C@@H]12. The summed E-state index contributed by atoms with van der Waals surface area (Å²) < 4.78 is 6.87. The van der Waals surface area contributed by atoms with E-state index in [0.29, 0.717) is 0 Å². The Morgan fingerprint density at radius 1 is 1.24 bits per heavy atom. The molecular weight excluding hydrogens is 484 g/mol. The van der Waals surface area contributed by atoms with Crippen LogP contribution >= 0.6 is 11.3 Å². The topological polar surface area (TPSA) is 86.1 Å². The number of thiophene rings is 1. The average Bonchev–Trinajstić information content (AvgIpc) is 3.55. The van der Waals surface area contributed by atoms with E-state index in [4.69, 9.17) is 4.74 Å². The molecule has 2 aliphatic rings. The van der Waals surface area contributed by atoms with Crippen LogP contribution in [-0.2, 0) is 32.7 Å². The van der Waals surface area contributed by atoms with Crippen LogP contribution in [0, 0.1) is 11.3 Å². The van der Waals surface area contributed by atoms with Crippen LogP contribution in [0.1, 0.15) is 76.0 Å². The van der Waals surface area contributed by atoms with Crippen LogP contribution in [0.25, 0.3) is 10.6 Å². The Morgan fingerprint density at radius 3 is 2.76 bits per heavy atom. The highest BCUT2D eigenvalue weighted by Gasteiger charge is 2.56. The fraction of sp³-hybridized carbons (Fsp3) is 0.517. The summed E-state index contributed by atoms with van der Waals surface area (Å²) in [6.45, 7) is 8.80. The molecule has 2 aliphatic carbocycles. The first-order chi connectivity index (χ1) is 17.7. The third kappa shape index (κ3) is 4.39. The van der Waals surface area contributed by atoms with Crippen LogP contribution in [-0.4, -0.2) is 34.0 Å². The summed E-state index contributed by atoms with van der Waals surface area (Å²) in [6.07, 6.45) is 6.39. The summed E-state index contributed by atoms with van der Waals surface area (Å²) in [6, 6.07) is 8.39. The van der Waals surface area contributed by atoms with Crippen LogP contribution in [0.4, 0.5) is 5.69 Å². The van der Waals surface area contributed by atoms with Gasteiger partial charge in [-0.2, -0.15) is 0 Å². The number of fused-ring (bicyclic) bond motifs is 3. The number of hydrogen-bond donors (Lipinski definition) is 1. The van der Waals surface area contributed by atoms with Gasteiger partial charge in [-0.1, -0.05) is 50.6 Å². The van der Waals surface area contributed by atoms with E-state index < -0.39 is 5.41 Å². The maximum absolute atomic E-state index is 13.3. The first-order valence-corrected chi connectivity index (χ1v) is 14.0. The predicted molar refractivity (Wildman–Crippen MR) is 146 cm³/mol. The van der Waals surface area contributed by atoms with E-state index in [-0.39, 0.29) is 35.7 Å². The summed E-state index contributed by atoms with van der Waals surface area (Å²) in [7, 11) is 1.50. The summed E-state index contributed by atoms with van der Waals surface area (Å²) >= 11 is 1.60. The van der Waals surface area contributed by atoms with E-state index >= 15 is 0 Å². The lowest BCUT2D eigenvalue weighted by Crippen LogP contribution is -2.52. The molecule has 1 aromatic carbocycles. The number of nitrogens with zero attached hydrogens (tertiary/aromatic N) is 3. The van der Waals surface area contributed by atoms with Crippen molar-refractivity contribution in [2.45, 2.75) is 77.7 Å². The van der Waals surface area contributed by atoms with Gasteiger partial charge >= 0.3 is 5.97 Å². The number of nitrogens with one attached hydrogen (secondary N) is 1. The van der Waals surface area contributed by atoms with Crippen molar-refractivity contribution in [1.29, 1.82) is 0 Å². The number of methoxy groups -OCH3 is 1. The number of hydrogen-bond acceptors (Lipinski definition) is 6.